The van der Waals surface area contributed by atoms with Gasteiger partial charge in [0.2, 0.25) is 6.79 Å². The van der Waals surface area contributed by atoms with E-state index < -0.39 is 0 Å². The third kappa shape index (κ3) is 3.26. The summed E-state index contributed by atoms with van der Waals surface area (Å²) in [6.45, 7) is 1.71. The maximum atomic E-state index is 5.54. The van der Waals surface area contributed by atoms with Crippen LogP contribution in [-0.4, -0.2) is 36.3 Å². The normalized spacial score (nSPS) is 13.3. The van der Waals surface area contributed by atoms with Gasteiger partial charge in [-0.15, -0.1) is 0 Å². The summed E-state index contributed by atoms with van der Waals surface area (Å²) >= 11 is 0. The van der Waals surface area contributed by atoms with Gasteiger partial charge in [-0.3, -0.25) is 4.99 Å². The molecule has 0 fully saturated rings. The lowest BCUT2D eigenvalue weighted by Gasteiger charge is -2.22. The van der Waals surface area contributed by atoms with Crippen molar-refractivity contribution in [2.75, 3.05) is 20.9 Å². The van der Waals surface area contributed by atoms with E-state index in [2.05, 4.69) is 25.8 Å². The first kappa shape index (κ1) is 15.3. The fourth-order valence-electron chi connectivity index (χ4n) is 2.67. The molecule has 6 heteroatoms. The Morgan fingerprint density at radius 3 is 2.91 bits per heavy atom. The Balaban J connectivity index is 1.64. The molecule has 0 saturated heterocycles. The summed E-state index contributed by atoms with van der Waals surface area (Å²) in [5, 5.41) is 3.38. The van der Waals surface area contributed by atoms with E-state index in [0.29, 0.717) is 6.54 Å². The number of aromatic nitrogens is 1. The van der Waals surface area contributed by atoms with Crippen LogP contribution < -0.4 is 14.8 Å². The van der Waals surface area contributed by atoms with Crippen molar-refractivity contribution in [3.63, 3.8) is 0 Å². The first-order chi connectivity index (χ1) is 11.2. The van der Waals surface area contributed by atoms with Gasteiger partial charge in [-0.1, -0.05) is 12.1 Å². The summed E-state index contributed by atoms with van der Waals surface area (Å²) in [7, 11) is 5.86. The molecule has 0 amide bonds. The van der Waals surface area contributed by atoms with Gasteiger partial charge in [0.05, 0.1) is 6.54 Å². The van der Waals surface area contributed by atoms with E-state index in [-0.39, 0.29) is 6.79 Å². The minimum absolute atomic E-state index is 0.286. The van der Waals surface area contributed by atoms with Crippen molar-refractivity contribution < 1.29 is 9.47 Å². The highest BCUT2D eigenvalue weighted by atomic mass is 16.7. The number of guanidine groups is 1. The average molecular weight is 314 g/mol. The second-order valence-electron chi connectivity index (χ2n) is 5.52. The molecular formula is C17H22N4O2. The van der Waals surface area contributed by atoms with E-state index in [1.165, 1.54) is 5.69 Å². The summed E-state index contributed by atoms with van der Waals surface area (Å²) in [5.74, 6) is 2.46. The molecule has 0 saturated carbocycles. The number of hydrogen-bond donors (Lipinski definition) is 1. The Kier molecular flexibility index (Phi) is 4.41. The molecular weight excluding hydrogens is 292 g/mol. The quantitative estimate of drug-likeness (QED) is 0.692. The van der Waals surface area contributed by atoms with Crippen LogP contribution in [0.3, 0.4) is 0 Å². The zero-order chi connectivity index (χ0) is 16.2. The van der Waals surface area contributed by atoms with Crippen LogP contribution in [0, 0.1) is 0 Å². The molecule has 6 nitrogen and oxygen atoms in total. The number of ether oxygens (including phenoxy) is 2. The minimum atomic E-state index is 0.286. The largest absolute Gasteiger partial charge is 0.454 e. The molecule has 3 rings (SSSR count). The van der Waals surface area contributed by atoms with Crippen LogP contribution in [0.15, 0.2) is 41.5 Å². The lowest BCUT2D eigenvalue weighted by Crippen LogP contribution is -2.38. The van der Waals surface area contributed by atoms with E-state index in [1.54, 1.807) is 7.05 Å². The summed E-state index contributed by atoms with van der Waals surface area (Å²) in [5.41, 5.74) is 2.29. The van der Waals surface area contributed by atoms with Crippen LogP contribution in [0.5, 0.6) is 11.5 Å². The fourth-order valence-corrected chi connectivity index (χ4v) is 2.67. The molecule has 23 heavy (non-hydrogen) atoms. The Labute approximate surface area is 136 Å². The third-order valence-corrected chi connectivity index (χ3v) is 3.94. The monoisotopic (exact) mass is 314 g/mol. The number of fused-ring (bicyclic) bond motifs is 1. The number of aryl methyl sites for hydroxylation is 1. The van der Waals surface area contributed by atoms with Crippen molar-refractivity contribution >= 4 is 5.96 Å². The van der Waals surface area contributed by atoms with Gasteiger partial charge >= 0.3 is 0 Å². The van der Waals surface area contributed by atoms with E-state index in [9.17, 15) is 0 Å². The predicted molar refractivity (Wildman–Crippen MR) is 89.6 cm³/mol. The highest BCUT2D eigenvalue weighted by Gasteiger charge is 2.17. The molecule has 2 aromatic rings. The highest BCUT2D eigenvalue weighted by molar-refractivity contribution is 5.79. The molecule has 1 aromatic carbocycles. The van der Waals surface area contributed by atoms with Crippen LogP contribution in [-0.2, 0) is 20.1 Å². The van der Waals surface area contributed by atoms with Crippen molar-refractivity contribution in [1.82, 2.24) is 14.8 Å². The Morgan fingerprint density at radius 1 is 1.30 bits per heavy atom. The number of aliphatic imine (C=N–C) groups is 1. The summed E-state index contributed by atoms with van der Waals surface area (Å²) in [6, 6.07) is 10.1. The van der Waals surface area contributed by atoms with Crippen LogP contribution in [0.25, 0.3) is 0 Å². The zero-order valence-electron chi connectivity index (χ0n) is 13.7. The molecule has 0 spiro atoms. The van der Waals surface area contributed by atoms with Gasteiger partial charge in [-0.2, -0.15) is 0 Å². The Morgan fingerprint density at radius 2 is 2.17 bits per heavy atom. The van der Waals surface area contributed by atoms with Gasteiger partial charge in [0.15, 0.2) is 17.5 Å². The number of benzene rings is 1. The van der Waals surface area contributed by atoms with Crippen molar-refractivity contribution in [2.24, 2.45) is 12.0 Å². The van der Waals surface area contributed by atoms with Gasteiger partial charge < -0.3 is 24.3 Å². The molecule has 1 aliphatic rings. The average Bonchev–Trinajstić information content (AvgIpc) is 3.17. The zero-order valence-corrected chi connectivity index (χ0v) is 13.7. The molecule has 0 bridgehead atoms. The van der Waals surface area contributed by atoms with Crippen LogP contribution >= 0.6 is 0 Å². The van der Waals surface area contributed by atoms with E-state index in [0.717, 1.165) is 29.6 Å². The smallest absolute Gasteiger partial charge is 0.231 e. The van der Waals surface area contributed by atoms with Crippen molar-refractivity contribution in [2.45, 2.75) is 13.1 Å². The molecule has 0 aliphatic carbocycles. The fraction of sp³-hybridized carbons (Fsp3) is 0.353. The third-order valence-electron chi connectivity index (χ3n) is 3.94. The van der Waals surface area contributed by atoms with Crippen LogP contribution in [0.4, 0.5) is 0 Å². The molecule has 0 atom stereocenters. The van der Waals surface area contributed by atoms with E-state index in [4.69, 9.17) is 9.47 Å². The molecule has 1 N–H and O–H groups in total. The maximum Gasteiger partial charge on any atom is 0.231 e. The molecule has 0 radical (unpaired) electrons. The van der Waals surface area contributed by atoms with E-state index in [1.807, 2.05) is 44.6 Å². The van der Waals surface area contributed by atoms with Crippen molar-refractivity contribution in [3.05, 3.63) is 47.8 Å². The van der Waals surface area contributed by atoms with Crippen LogP contribution in [0.1, 0.15) is 11.3 Å². The first-order valence-corrected chi connectivity index (χ1v) is 7.58. The minimum Gasteiger partial charge on any atom is -0.454 e. The summed E-state index contributed by atoms with van der Waals surface area (Å²) in [6.07, 6.45) is 2.05. The predicted octanol–water partition coefficient (Wildman–Crippen LogP) is 1.96. The number of hydrogen-bond acceptors (Lipinski definition) is 3. The Bertz CT molecular complexity index is 708. The van der Waals surface area contributed by atoms with Crippen molar-refractivity contribution in [1.29, 1.82) is 0 Å². The number of rotatable bonds is 4. The highest BCUT2D eigenvalue weighted by Crippen LogP contribution is 2.35. The number of nitrogens with zero attached hydrogens (tertiary/aromatic N) is 3. The summed E-state index contributed by atoms with van der Waals surface area (Å²) < 4.78 is 13.1. The lowest BCUT2D eigenvalue weighted by molar-refractivity contribution is 0.173. The topological polar surface area (TPSA) is 51.0 Å². The standard InChI is InChI=1S/C17H22N4O2/c1-18-17(21(3)11-14-7-5-9-20(14)2)19-10-13-6-4-8-15-16(13)23-12-22-15/h4-9H,10-12H2,1-3H3,(H,18,19). The van der Waals surface area contributed by atoms with Crippen molar-refractivity contribution in [3.8, 4) is 11.5 Å². The van der Waals surface area contributed by atoms with Gasteiger partial charge in [0.25, 0.3) is 0 Å². The molecule has 122 valence electrons. The second kappa shape index (κ2) is 6.64. The molecule has 2 heterocycles. The van der Waals surface area contributed by atoms with Gasteiger partial charge in [-0.25, -0.2) is 0 Å². The SMILES string of the molecule is CN=C(NCc1cccc2c1OCO2)N(C)Cc1cccn1C. The van der Waals surface area contributed by atoms with Gasteiger partial charge in [0.1, 0.15) is 0 Å². The maximum absolute atomic E-state index is 5.54. The Hall–Kier alpha value is -2.63. The van der Waals surface area contributed by atoms with Gasteiger partial charge in [-0.05, 0) is 18.2 Å². The molecule has 1 aliphatic heterocycles. The molecule has 1 aromatic heterocycles. The molecule has 0 unspecified atom stereocenters. The number of para-hydroxylation sites is 1. The first-order valence-electron chi connectivity index (χ1n) is 7.58. The summed E-state index contributed by atoms with van der Waals surface area (Å²) in [4.78, 5) is 6.45. The second-order valence-corrected chi connectivity index (χ2v) is 5.52. The lowest BCUT2D eigenvalue weighted by atomic mass is 10.2. The van der Waals surface area contributed by atoms with Crippen LogP contribution in [0.2, 0.25) is 0 Å². The van der Waals surface area contributed by atoms with Gasteiger partial charge in [0, 0.05) is 45.1 Å². The number of nitrogens with one attached hydrogen (secondary N) is 1. The van der Waals surface area contributed by atoms with E-state index >= 15 is 0 Å².